The van der Waals surface area contributed by atoms with Gasteiger partial charge in [-0.25, -0.2) is 4.39 Å². The molecule has 2 heterocycles. The quantitative estimate of drug-likeness (QED) is 0.681. The van der Waals surface area contributed by atoms with Gasteiger partial charge in [0.2, 0.25) is 5.91 Å². The van der Waals surface area contributed by atoms with Crippen molar-refractivity contribution in [2.75, 3.05) is 23.3 Å². The van der Waals surface area contributed by atoms with Gasteiger partial charge in [0.25, 0.3) is 0 Å². The lowest BCUT2D eigenvalue weighted by atomic mass is 9.95. The first kappa shape index (κ1) is 20.0. The van der Waals surface area contributed by atoms with Crippen LogP contribution in [-0.2, 0) is 4.79 Å². The Morgan fingerprint density at radius 2 is 1.73 bits per heavy atom. The molecular weight excluding hydrogens is 379 g/mol. The molecule has 1 saturated heterocycles. The summed E-state index contributed by atoms with van der Waals surface area (Å²) in [6, 6.07) is 16.0. The van der Waals surface area contributed by atoms with Gasteiger partial charge in [-0.1, -0.05) is 12.1 Å². The molecule has 1 aromatic heterocycles. The molecule has 30 heavy (non-hydrogen) atoms. The minimum atomic E-state index is -0.271. The van der Waals surface area contributed by atoms with Crippen molar-refractivity contribution in [3.8, 4) is 11.3 Å². The maximum Gasteiger partial charge on any atom is 0.227 e. The molecule has 2 aromatic carbocycles. The summed E-state index contributed by atoms with van der Waals surface area (Å²) < 4.78 is 13.1. The Balaban J connectivity index is 1.35. The van der Waals surface area contributed by atoms with Crippen LogP contribution < -0.4 is 10.2 Å². The van der Waals surface area contributed by atoms with Crippen LogP contribution in [0.1, 0.15) is 24.0 Å². The Bertz CT molecular complexity index is 1030. The number of piperidine rings is 1. The van der Waals surface area contributed by atoms with E-state index in [9.17, 15) is 9.18 Å². The van der Waals surface area contributed by atoms with Crippen molar-refractivity contribution in [1.82, 2.24) is 10.2 Å². The van der Waals surface area contributed by atoms with E-state index >= 15 is 0 Å². The van der Waals surface area contributed by atoms with Gasteiger partial charge >= 0.3 is 0 Å². The Morgan fingerprint density at radius 3 is 2.40 bits per heavy atom. The minimum Gasteiger partial charge on any atom is -0.355 e. The number of aryl methyl sites for hydroxylation is 1. The van der Waals surface area contributed by atoms with E-state index in [1.54, 1.807) is 12.1 Å². The third-order valence-electron chi connectivity index (χ3n) is 5.84. The molecule has 4 rings (SSSR count). The molecule has 0 aliphatic carbocycles. The zero-order valence-corrected chi connectivity index (χ0v) is 17.2. The standard InChI is InChI=1S/C24H25FN4O/c1-16-4-3-5-21(17(16)2)26-24(30)19-12-14-29(15-13-19)23-11-10-22(27-28-23)18-6-8-20(25)9-7-18/h3-11,19H,12-15H2,1-2H3,(H,26,30). The summed E-state index contributed by atoms with van der Waals surface area (Å²) >= 11 is 0. The maximum atomic E-state index is 13.1. The zero-order valence-electron chi connectivity index (χ0n) is 17.2. The summed E-state index contributed by atoms with van der Waals surface area (Å²) in [5.41, 5.74) is 4.72. The highest BCUT2D eigenvalue weighted by molar-refractivity contribution is 5.93. The number of rotatable bonds is 4. The molecule has 0 atom stereocenters. The lowest BCUT2D eigenvalue weighted by molar-refractivity contribution is -0.120. The number of nitrogens with zero attached hydrogens (tertiary/aromatic N) is 3. The summed E-state index contributed by atoms with van der Waals surface area (Å²) in [5, 5.41) is 11.7. The van der Waals surface area contributed by atoms with Crippen molar-refractivity contribution < 1.29 is 9.18 Å². The largest absolute Gasteiger partial charge is 0.355 e. The Kier molecular flexibility index (Phi) is 5.74. The SMILES string of the molecule is Cc1cccc(NC(=O)C2CCN(c3ccc(-c4ccc(F)cc4)nn3)CC2)c1C. The average molecular weight is 404 g/mol. The van der Waals surface area contributed by atoms with Gasteiger partial charge in [0.15, 0.2) is 5.82 Å². The molecule has 1 aliphatic heterocycles. The summed E-state index contributed by atoms with van der Waals surface area (Å²) in [6.07, 6.45) is 1.55. The summed E-state index contributed by atoms with van der Waals surface area (Å²) in [7, 11) is 0. The van der Waals surface area contributed by atoms with Crippen LogP contribution in [0.5, 0.6) is 0 Å². The van der Waals surface area contributed by atoms with Gasteiger partial charge in [-0.2, -0.15) is 0 Å². The van der Waals surface area contributed by atoms with Gasteiger partial charge < -0.3 is 10.2 Å². The van der Waals surface area contributed by atoms with E-state index in [2.05, 4.69) is 20.4 Å². The molecule has 3 aromatic rings. The molecule has 5 nitrogen and oxygen atoms in total. The normalized spacial score (nSPS) is 14.6. The monoisotopic (exact) mass is 404 g/mol. The van der Waals surface area contributed by atoms with Crippen LogP contribution in [-0.4, -0.2) is 29.2 Å². The first-order chi connectivity index (χ1) is 14.5. The van der Waals surface area contributed by atoms with Crippen molar-refractivity contribution in [1.29, 1.82) is 0 Å². The fraction of sp³-hybridized carbons (Fsp3) is 0.292. The number of carbonyl (C=O) groups is 1. The fourth-order valence-corrected chi connectivity index (χ4v) is 3.76. The van der Waals surface area contributed by atoms with Crippen molar-refractivity contribution in [2.24, 2.45) is 5.92 Å². The van der Waals surface area contributed by atoms with Crippen molar-refractivity contribution in [2.45, 2.75) is 26.7 Å². The second-order valence-electron chi connectivity index (χ2n) is 7.78. The molecule has 1 N–H and O–H groups in total. The predicted octanol–water partition coefficient (Wildman–Crippen LogP) is 4.75. The van der Waals surface area contributed by atoms with Crippen LogP contribution in [0.15, 0.2) is 54.6 Å². The third-order valence-corrected chi connectivity index (χ3v) is 5.84. The highest BCUT2D eigenvalue weighted by Gasteiger charge is 2.26. The van der Waals surface area contributed by atoms with E-state index in [-0.39, 0.29) is 17.6 Å². The minimum absolute atomic E-state index is 0.00684. The number of halogens is 1. The summed E-state index contributed by atoms with van der Waals surface area (Å²) in [4.78, 5) is 14.9. The second-order valence-corrected chi connectivity index (χ2v) is 7.78. The van der Waals surface area contributed by atoms with E-state index in [1.807, 2.05) is 44.2 Å². The van der Waals surface area contributed by atoms with Crippen LogP contribution in [0.25, 0.3) is 11.3 Å². The molecule has 6 heteroatoms. The molecule has 0 saturated carbocycles. The second kappa shape index (κ2) is 8.61. The lowest BCUT2D eigenvalue weighted by Gasteiger charge is -2.32. The van der Waals surface area contributed by atoms with E-state index in [1.165, 1.54) is 17.7 Å². The van der Waals surface area contributed by atoms with Crippen LogP contribution in [0.4, 0.5) is 15.9 Å². The molecule has 154 valence electrons. The highest BCUT2D eigenvalue weighted by Crippen LogP contribution is 2.25. The number of hydrogen-bond donors (Lipinski definition) is 1. The van der Waals surface area contributed by atoms with E-state index < -0.39 is 0 Å². The maximum absolute atomic E-state index is 13.1. The number of benzene rings is 2. The number of aromatic nitrogens is 2. The average Bonchev–Trinajstić information content (AvgIpc) is 2.78. The van der Waals surface area contributed by atoms with E-state index in [4.69, 9.17) is 0 Å². The fourth-order valence-electron chi connectivity index (χ4n) is 3.76. The van der Waals surface area contributed by atoms with Crippen molar-refractivity contribution in [3.63, 3.8) is 0 Å². The molecule has 0 radical (unpaired) electrons. The third kappa shape index (κ3) is 4.32. The first-order valence-electron chi connectivity index (χ1n) is 10.2. The van der Waals surface area contributed by atoms with Crippen LogP contribution in [0.3, 0.4) is 0 Å². The number of anilines is 2. The van der Waals surface area contributed by atoms with E-state index in [0.717, 1.165) is 48.6 Å². The molecule has 0 bridgehead atoms. The smallest absolute Gasteiger partial charge is 0.227 e. The van der Waals surface area contributed by atoms with Crippen LogP contribution in [0.2, 0.25) is 0 Å². The summed E-state index contributed by atoms with van der Waals surface area (Å²) in [6.45, 7) is 5.60. The Labute approximate surface area is 176 Å². The molecule has 1 amide bonds. The zero-order chi connectivity index (χ0) is 21.1. The number of amides is 1. The van der Waals surface area contributed by atoms with Gasteiger partial charge in [-0.3, -0.25) is 4.79 Å². The van der Waals surface area contributed by atoms with Gasteiger partial charge in [0.05, 0.1) is 5.69 Å². The topological polar surface area (TPSA) is 58.1 Å². The molecular formula is C24H25FN4O. The van der Waals surface area contributed by atoms with Gasteiger partial charge in [0.1, 0.15) is 5.82 Å². The molecule has 0 unspecified atom stereocenters. The first-order valence-corrected chi connectivity index (χ1v) is 10.2. The van der Waals surface area contributed by atoms with Gasteiger partial charge in [-0.15, -0.1) is 10.2 Å². The van der Waals surface area contributed by atoms with E-state index in [0.29, 0.717) is 5.69 Å². The number of nitrogens with one attached hydrogen (secondary N) is 1. The van der Waals surface area contributed by atoms with Crippen LogP contribution in [0, 0.1) is 25.6 Å². The Hall–Kier alpha value is -3.28. The molecule has 1 aliphatic rings. The number of carbonyl (C=O) groups excluding carboxylic acids is 1. The molecule has 1 fully saturated rings. The highest BCUT2D eigenvalue weighted by atomic mass is 19.1. The summed E-state index contributed by atoms with van der Waals surface area (Å²) in [5.74, 6) is 0.607. The van der Waals surface area contributed by atoms with Gasteiger partial charge in [-0.05, 0) is 80.3 Å². The van der Waals surface area contributed by atoms with Gasteiger partial charge in [0, 0.05) is 30.3 Å². The van der Waals surface area contributed by atoms with Crippen molar-refractivity contribution >= 4 is 17.4 Å². The predicted molar refractivity (Wildman–Crippen MR) is 117 cm³/mol. The Morgan fingerprint density at radius 1 is 1.00 bits per heavy atom. The molecule has 0 spiro atoms. The van der Waals surface area contributed by atoms with Crippen LogP contribution >= 0.6 is 0 Å². The lowest BCUT2D eigenvalue weighted by Crippen LogP contribution is -2.38. The number of hydrogen-bond acceptors (Lipinski definition) is 4. The van der Waals surface area contributed by atoms with Crippen molar-refractivity contribution in [3.05, 3.63) is 71.5 Å².